The molecule has 4 nitrogen and oxygen atoms in total. The number of rotatable bonds is 3. The van der Waals surface area contributed by atoms with Crippen LogP contribution in [0.1, 0.15) is 13.8 Å². The molecule has 1 amide bonds. The molecule has 0 fully saturated rings. The molecule has 1 N–H and O–H groups in total. The normalized spacial score (nSPS) is 11.6. The minimum absolute atomic E-state index is 0.505. The van der Waals surface area contributed by atoms with Gasteiger partial charge in [0.15, 0.2) is 0 Å². The van der Waals surface area contributed by atoms with E-state index in [1.807, 2.05) is 0 Å². The van der Waals surface area contributed by atoms with Crippen LogP contribution in [0.5, 0.6) is 0 Å². The molecule has 11 heavy (non-hydrogen) atoms. The van der Waals surface area contributed by atoms with Gasteiger partial charge in [-0.3, -0.25) is 4.79 Å². The Bertz CT molecular complexity index is 206. The van der Waals surface area contributed by atoms with Crippen molar-refractivity contribution in [1.29, 1.82) is 0 Å². The van der Waals surface area contributed by atoms with E-state index in [1.165, 1.54) is 6.34 Å². The second-order valence-electron chi connectivity index (χ2n) is 1.96. The molecule has 0 aromatic carbocycles. The van der Waals surface area contributed by atoms with Crippen molar-refractivity contribution in [3.05, 3.63) is 12.3 Å². The summed E-state index contributed by atoms with van der Waals surface area (Å²) in [6.07, 6.45) is 1.90. The number of aliphatic imine (C=N–C) groups is 2. The van der Waals surface area contributed by atoms with Crippen molar-refractivity contribution < 1.29 is 4.79 Å². The van der Waals surface area contributed by atoms with Gasteiger partial charge in [-0.1, -0.05) is 6.58 Å². The molecule has 4 heteroatoms. The Morgan fingerprint density at radius 3 is 2.64 bits per heavy atom. The second kappa shape index (κ2) is 5.34. The van der Waals surface area contributed by atoms with Crippen LogP contribution >= 0.6 is 0 Å². The highest BCUT2D eigenvalue weighted by molar-refractivity contribution is 5.93. The smallest absolute Gasteiger partial charge is 0.212 e. The Kier molecular flexibility index (Phi) is 4.64. The van der Waals surface area contributed by atoms with Crippen molar-refractivity contribution in [2.45, 2.75) is 13.8 Å². The summed E-state index contributed by atoms with van der Waals surface area (Å²) in [7, 11) is 0. The van der Waals surface area contributed by atoms with E-state index in [1.54, 1.807) is 13.8 Å². The summed E-state index contributed by atoms with van der Waals surface area (Å²) in [6, 6.07) is 0. The highest BCUT2D eigenvalue weighted by Gasteiger charge is 1.81. The molecule has 0 spiro atoms. The van der Waals surface area contributed by atoms with Gasteiger partial charge in [-0.2, -0.15) is 0 Å². The lowest BCUT2D eigenvalue weighted by atomic mass is 10.6. The lowest BCUT2D eigenvalue weighted by molar-refractivity contribution is -0.108. The molecule has 0 saturated heterocycles. The van der Waals surface area contributed by atoms with E-state index in [0.717, 1.165) is 0 Å². The molecular formula is C7H11N3O. The molecular weight excluding hydrogens is 142 g/mol. The molecule has 0 aliphatic heterocycles. The average Bonchev–Trinajstić information content (AvgIpc) is 1.87. The summed E-state index contributed by atoms with van der Waals surface area (Å²) in [5.74, 6) is 0.505. The van der Waals surface area contributed by atoms with E-state index in [2.05, 4.69) is 21.9 Å². The number of amidine groups is 1. The zero-order valence-corrected chi connectivity index (χ0v) is 6.66. The van der Waals surface area contributed by atoms with E-state index < -0.39 is 0 Å². The molecule has 0 aliphatic rings. The van der Waals surface area contributed by atoms with E-state index in [4.69, 9.17) is 0 Å². The first-order chi connectivity index (χ1) is 5.16. The lowest BCUT2D eigenvalue weighted by Crippen LogP contribution is -2.17. The maximum absolute atomic E-state index is 9.86. The van der Waals surface area contributed by atoms with Gasteiger partial charge < -0.3 is 5.32 Å². The molecule has 0 radical (unpaired) electrons. The predicted molar refractivity (Wildman–Crippen MR) is 45.6 cm³/mol. The fourth-order valence-corrected chi connectivity index (χ4v) is 0.337. The summed E-state index contributed by atoms with van der Waals surface area (Å²) in [5, 5.41) is 2.37. The van der Waals surface area contributed by atoms with Crippen LogP contribution in [-0.2, 0) is 4.79 Å². The predicted octanol–water partition coefficient (Wildman–Crippen LogP) is 0.713. The average molecular weight is 153 g/mol. The van der Waals surface area contributed by atoms with Gasteiger partial charge in [-0.25, -0.2) is 9.98 Å². The third kappa shape index (κ3) is 6.44. The van der Waals surface area contributed by atoms with E-state index in [0.29, 0.717) is 17.9 Å². The maximum atomic E-state index is 9.86. The lowest BCUT2D eigenvalue weighted by Gasteiger charge is -1.90. The highest BCUT2D eigenvalue weighted by atomic mass is 16.1. The monoisotopic (exact) mass is 153 g/mol. The van der Waals surface area contributed by atoms with Gasteiger partial charge >= 0.3 is 0 Å². The number of hydrogen-bond donors (Lipinski definition) is 1. The Labute approximate surface area is 65.7 Å². The van der Waals surface area contributed by atoms with Crippen molar-refractivity contribution in [1.82, 2.24) is 5.32 Å². The van der Waals surface area contributed by atoms with Gasteiger partial charge in [-0.05, 0) is 13.8 Å². The number of carbonyl (C=O) groups excluding carboxylic acids is 1. The first-order valence-corrected chi connectivity index (χ1v) is 3.09. The molecule has 0 aromatic rings. The molecule has 60 valence electrons. The van der Waals surface area contributed by atoms with E-state index in [-0.39, 0.29) is 0 Å². The van der Waals surface area contributed by atoms with Gasteiger partial charge in [0.1, 0.15) is 12.2 Å². The molecule has 0 atom stereocenters. The van der Waals surface area contributed by atoms with Gasteiger partial charge in [-0.15, -0.1) is 0 Å². The molecule has 0 unspecified atom stereocenters. The van der Waals surface area contributed by atoms with Crippen LogP contribution in [0.25, 0.3) is 0 Å². The summed E-state index contributed by atoms with van der Waals surface area (Å²) in [5.41, 5.74) is 0.674. The standard InChI is InChI=1S/C7H11N3O/c1-6(2)8-4-9-7(3)10-5-11/h4-5H,1H2,2-3H3,(H,8,9,10,11). The first kappa shape index (κ1) is 9.55. The van der Waals surface area contributed by atoms with Crippen molar-refractivity contribution in [3.8, 4) is 0 Å². The quantitative estimate of drug-likeness (QED) is 0.362. The fraction of sp³-hybridized carbons (Fsp3) is 0.286. The van der Waals surface area contributed by atoms with Crippen LogP contribution in [0.15, 0.2) is 22.3 Å². The van der Waals surface area contributed by atoms with Gasteiger partial charge in [0.25, 0.3) is 0 Å². The maximum Gasteiger partial charge on any atom is 0.212 e. The second-order valence-corrected chi connectivity index (χ2v) is 1.96. The fourth-order valence-electron chi connectivity index (χ4n) is 0.337. The van der Waals surface area contributed by atoms with Crippen molar-refractivity contribution >= 4 is 18.6 Å². The van der Waals surface area contributed by atoms with Crippen molar-refractivity contribution in [3.63, 3.8) is 0 Å². The Morgan fingerprint density at radius 2 is 2.18 bits per heavy atom. The summed E-state index contributed by atoms with van der Waals surface area (Å²) < 4.78 is 0. The summed E-state index contributed by atoms with van der Waals surface area (Å²) in [6.45, 7) is 6.96. The molecule has 0 heterocycles. The third-order valence-electron chi connectivity index (χ3n) is 0.797. The zero-order valence-electron chi connectivity index (χ0n) is 6.66. The van der Waals surface area contributed by atoms with Gasteiger partial charge in [0.2, 0.25) is 6.41 Å². The van der Waals surface area contributed by atoms with Crippen LogP contribution in [0, 0.1) is 0 Å². The van der Waals surface area contributed by atoms with Crippen LogP contribution in [-0.4, -0.2) is 18.6 Å². The summed E-state index contributed by atoms with van der Waals surface area (Å²) >= 11 is 0. The van der Waals surface area contributed by atoms with E-state index in [9.17, 15) is 4.79 Å². The number of carbonyl (C=O) groups is 1. The Hall–Kier alpha value is -1.45. The van der Waals surface area contributed by atoms with Crippen molar-refractivity contribution in [2.24, 2.45) is 9.98 Å². The molecule has 0 aromatic heterocycles. The van der Waals surface area contributed by atoms with Crippen LogP contribution in [0.4, 0.5) is 0 Å². The van der Waals surface area contributed by atoms with Crippen LogP contribution < -0.4 is 5.32 Å². The summed E-state index contributed by atoms with van der Waals surface area (Å²) in [4.78, 5) is 17.4. The number of nitrogens with one attached hydrogen (secondary N) is 1. The molecule has 0 aliphatic carbocycles. The molecule has 0 rings (SSSR count). The number of amides is 1. The number of hydrogen-bond acceptors (Lipinski definition) is 2. The number of allylic oxidation sites excluding steroid dienone is 1. The Morgan fingerprint density at radius 1 is 1.55 bits per heavy atom. The zero-order chi connectivity index (χ0) is 8.69. The van der Waals surface area contributed by atoms with Crippen LogP contribution in [0.3, 0.4) is 0 Å². The largest absolute Gasteiger partial charge is 0.317 e. The first-order valence-electron chi connectivity index (χ1n) is 3.09. The third-order valence-corrected chi connectivity index (χ3v) is 0.797. The van der Waals surface area contributed by atoms with Gasteiger partial charge in [0, 0.05) is 5.70 Å². The van der Waals surface area contributed by atoms with Crippen LogP contribution in [0.2, 0.25) is 0 Å². The minimum Gasteiger partial charge on any atom is -0.317 e. The van der Waals surface area contributed by atoms with Crippen molar-refractivity contribution in [2.75, 3.05) is 0 Å². The van der Waals surface area contributed by atoms with E-state index >= 15 is 0 Å². The molecule has 0 bridgehead atoms. The Balaban J connectivity index is 3.90. The SMILES string of the molecule is C=C(C)N=CN=C(C)NC=O. The number of nitrogens with zero attached hydrogens (tertiary/aromatic N) is 2. The van der Waals surface area contributed by atoms with Gasteiger partial charge in [0.05, 0.1) is 0 Å². The minimum atomic E-state index is 0.505. The molecule has 0 saturated carbocycles. The highest BCUT2D eigenvalue weighted by Crippen LogP contribution is 1.84. The topological polar surface area (TPSA) is 53.8 Å².